The molecule has 1 aliphatic rings. The SMILES string of the molecule is Cc1cc(N)nc(CN2CCC(C(C)(C)C)CCC2=O)n1. The summed E-state index contributed by atoms with van der Waals surface area (Å²) in [4.78, 5) is 22.8. The molecule has 0 saturated carbocycles. The van der Waals surface area contributed by atoms with Gasteiger partial charge in [0.2, 0.25) is 5.91 Å². The summed E-state index contributed by atoms with van der Waals surface area (Å²) in [6, 6.07) is 1.74. The van der Waals surface area contributed by atoms with Gasteiger partial charge in [0.05, 0.1) is 6.54 Å². The highest BCUT2D eigenvalue weighted by Gasteiger charge is 2.30. The Kier molecular flexibility index (Phi) is 4.49. The van der Waals surface area contributed by atoms with E-state index in [2.05, 4.69) is 30.7 Å². The molecule has 0 radical (unpaired) electrons. The van der Waals surface area contributed by atoms with Crippen LogP contribution >= 0.6 is 0 Å². The molecule has 21 heavy (non-hydrogen) atoms. The summed E-state index contributed by atoms with van der Waals surface area (Å²) in [7, 11) is 0. The highest BCUT2D eigenvalue weighted by molar-refractivity contribution is 5.76. The van der Waals surface area contributed by atoms with Crippen LogP contribution in [0, 0.1) is 18.3 Å². The van der Waals surface area contributed by atoms with Crippen LogP contribution in [0.1, 0.15) is 51.6 Å². The van der Waals surface area contributed by atoms with Gasteiger partial charge in [-0.25, -0.2) is 9.97 Å². The molecular formula is C16H26N4O. The molecule has 2 N–H and O–H groups in total. The first-order valence-corrected chi connectivity index (χ1v) is 7.63. The smallest absolute Gasteiger partial charge is 0.222 e. The molecule has 1 amide bonds. The predicted molar refractivity (Wildman–Crippen MR) is 83.4 cm³/mol. The van der Waals surface area contributed by atoms with Gasteiger partial charge in [0.1, 0.15) is 11.6 Å². The minimum Gasteiger partial charge on any atom is -0.384 e. The van der Waals surface area contributed by atoms with Crippen LogP contribution in [-0.2, 0) is 11.3 Å². The number of nitrogen functional groups attached to an aromatic ring is 1. The number of nitrogens with zero attached hydrogens (tertiary/aromatic N) is 3. The molecule has 2 rings (SSSR count). The second-order valence-corrected chi connectivity index (χ2v) is 7.06. The number of aryl methyl sites for hydroxylation is 1. The van der Waals surface area contributed by atoms with Gasteiger partial charge in [-0.05, 0) is 31.1 Å². The Bertz CT molecular complexity index is 501. The van der Waals surface area contributed by atoms with Crippen molar-refractivity contribution in [3.63, 3.8) is 0 Å². The van der Waals surface area contributed by atoms with E-state index in [9.17, 15) is 4.79 Å². The van der Waals surface area contributed by atoms with Gasteiger partial charge in [-0.15, -0.1) is 0 Å². The van der Waals surface area contributed by atoms with E-state index in [0.29, 0.717) is 30.5 Å². The van der Waals surface area contributed by atoms with Crippen LogP contribution in [0.25, 0.3) is 0 Å². The van der Waals surface area contributed by atoms with Crippen LogP contribution in [0.2, 0.25) is 0 Å². The molecule has 1 aromatic heterocycles. The summed E-state index contributed by atoms with van der Waals surface area (Å²) in [6.07, 6.45) is 2.62. The van der Waals surface area contributed by atoms with Gasteiger partial charge < -0.3 is 10.6 Å². The number of rotatable bonds is 2. The van der Waals surface area contributed by atoms with Gasteiger partial charge in [0.25, 0.3) is 0 Å². The summed E-state index contributed by atoms with van der Waals surface area (Å²) >= 11 is 0. The number of carbonyl (C=O) groups excluding carboxylic acids is 1. The molecule has 1 unspecified atom stereocenters. The van der Waals surface area contributed by atoms with Crippen molar-refractivity contribution < 1.29 is 4.79 Å². The summed E-state index contributed by atoms with van der Waals surface area (Å²) in [5, 5.41) is 0. The van der Waals surface area contributed by atoms with Crippen molar-refractivity contribution in [3.05, 3.63) is 17.6 Å². The van der Waals surface area contributed by atoms with E-state index >= 15 is 0 Å². The molecule has 1 atom stereocenters. The van der Waals surface area contributed by atoms with Gasteiger partial charge in [0, 0.05) is 24.7 Å². The molecule has 1 saturated heterocycles. The number of amides is 1. The van der Waals surface area contributed by atoms with Gasteiger partial charge in [0.15, 0.2) is 0 Å². The molecule has 0 aliphatic carbocycles. The van der Waals surface area contributed by atoms with Crippen molar-refractivity contribution in [2.24, 2.45) is 11.3 Å². The molecule has 0 aromatic carbocycles. The zero-order valence-corrected chi connectivity index (χ0v) is 13.5. The molecule has 5 heteroatoms. The second kappa shape index (κ2) is 6.00. The van der Waals surface area contributed by atoms with Crippen LogP contribution in [0.5, 0.6) is 0 Å². The fourth-order valence-corrected chi connectivity index (χ4v) is 2.97. The number of likely N-dealkylation sites (tertiary alicyclic amines) is 1. The molecular weight excluding hydrogens is 264 g/mol. The van der Waals surface area contributed by atoms with E-state index in [1.807, 2.05) is 11.8 Å². The number of anilines is 1. The van der Waals surface area contributed by atoms with E-state index in [4.69, 9.17) is 5.73 Å². The Balaban J connectivity index is 2.08. The Morgan fingerprint density at radius 1 is 1.33 bits per heavy atom. The lowest BCUT2D eigenvalue weighted by atomic mass is 9.77. The quantitative estimate of drug-likeness (QED) is 0.908. The van der Waals surface area contributed by atoms with Gasteiger partial charge >= 0.3 is 0 Å². The molecule has 5 nitrogen and oxygen atoms in total. The predicted octanol–water partition coefficient (Wildman–Crippen LogP) is 2.54. The van der Waals surface area contributed by atoms with Gasteiger partial charge in [-0.2, -0.15) is 0 Å². The maximum atomic E-state index is 12.3. The molecule has 2 heterocycles. The van der Waals surface area contributed by atoms with Crippen molar-refractivity contribution in [1.29, 1.82) is 0 Å². The Hall–Kier alpha value is -1.65. The van der Waals surface area contributed by atoms with Crippen molar-refractivity contribution >= 4 is 11.7 Å². The highest BCUT2D eigenvalue weighted by Crippen LogP contribution is 2.34. The second-order valence-electron chi connectivity index (χ2n) is 7.06. The fourth-order valence-electron chi connectivity index (χ4n) is 2.97. The zero-order chi connectivity index (χ0) is 15.6. The summed E-state index contributed by atoms with van der Waals surface area (Å²) in [6.45, 7) is 9.88. The average molecular weight is 290 g/mol. The van der Waals surface area contributed by atoms with E-state index in [0.717, 1.165) is 25.1 Å². The van der Waals surface area contributed by atoms with Crippen molar-refractivity contribution in [3.8, 4) is 0 Å². The Labute approximate surface area is 127 Å². The standard InChI is InChI=1S/C16H26N4O/c1-11-9-13(17)19-14(18-11)10-20-8-7-12(16(2,3)4)5-6-15(20)21/h9,12H,5-8,10H2,1-4H3,(H2,17,18,19). The first-order chi connectivity index (χ1) is 9.75. The van der Waals surface area contributed by atoms with E-state index in [-0.39, 0.29) is 11.3 Å². The summed E-state index contributed by atoms with van der Waals surface area (Å²) < 4.78 is 0. The first-order valence-electron chi connectivity index (χ1n) is 7.63. The third-order valence-corrected chi connectivity index (χ3v) is 4.28. The van der Waals surface area contributed by atoms with Crippen LogP contribution < -0.4 is 5.73 Å². The maximum Gasteiger partial charge on any atom is 0.222 e. The number of nitrogens with two attached hydrogens (primary N) is 1. The maximum absolute atomic E-state index is 12.3. The largest absolute Gasteiger partial charge is 0.384 e. The third-order valence-electron chi connectivity index (χ3n) is 4.28. The fraction of sp³-hybridized carbons (Fsp3) is 0.688. The van der Waals surface area contributed by atoms with Crippen molar-refractivity contribution in [2.45, 2.75) is 53.5 Å². The Morgan fingerprint density at radius 3 is 2.67 bits per heavy atom. The minimum atomic E-state index is 0.199. The summed E-state index contributed by atoms with van der Waals surface area (Å²) in [5.74, 6) is 1.88. The number of hydrogen-bond acceptors (Lipinski definition) is 4. The highest BCUT2D eigenvalue weighted by atomic mass is 16.2. The van der Waals surface area contributed by atoms with Crippen LogP contribution in [-0.4, -0.2) is 27.3 Å². The Morgan fingerprint density at radius 2 is 2.05 bits per heavy atom. The first kappa shape index (κ1) is 15.7. The van der Waals surface area contributed by atoms with E-state index < -0.39 is 0 Å². The summed E-state index contributed by atoms with van der Waals surface area (Å²) in [5.41, 5.74) is 6.85. The zero-order valence-electron chi connectivity index (χ0n) is 13.5. The van der Waals surface area contributed by atoms with E-state index in [1.165, 1.54) is 0 Å². The molecule has 1 fully saturated rings. The number of carbonyl (C=O) groups is 1. The number of aromatic nitrogens is 2. The molecule has 0 spiro atoms. The van der Waals surface area contributed by atoms with Gasteiger partial charge in [-0.1, -0.05) is 20.8 Å². The molecule has 0 bridgehead atoms. The number of hydrogen-bond donors (Lipinski definition) is 1. The lowest BCUT2D eigenvalue weighted by molar-refractivity contribution is -0.131. The van der Waals surface area contributed by atoms with Gasteiger partial charge in [-0.3, -0.25) is 4.79 Å². The molecule has 116 valence electrons. The van der Waals surface area contributed by atoms with Crippen LogP contribution in [0.3, 0.4) is 0 Å². The minimum absolute atomic E-state index is 0.199. The average Bonchev–Trinajstić information content (AvgIpc) is 2.50. The third kappa shape index (κ3) is 4.16. The van der Waals surface area contributed by atoms with Crippen LogP contribution in [0.4, 0.5) is 5.82 Å². The molecule has 1 aromatic rings. The van der Waals surface area contributed by atoms with Crippen LogP contribution in [0.15, 0.2) is 6.07 Å². The monoisotopic (exact) mass is 290 g/mol. The topological polar surface area (TPSA) is 72.1 Å². The lowest BCUT2D eigenvalue weighted by Gasteiger charge is -2.29. The normalized spacial score (nSPS) is 20.5. The van der Waals surface area contributed by atoms with Crippen molar-refractivity contribution in [1.82, 2.24) is 14.9 Å². The van der Waals surface area contributed by atoms with E-state index in [1.54, 1.807) is 6.07 Å². The molecule has 1 aliphatic heterocycles. The lowest BCUT2D eigenvalue weighted by Crippen LogP contribution is -2.31. The van der Waals surface area contributed by atoms with Crippen molar-refractivity contribution in [2.75, 3.05) is 12.3 Å².